The third-order valence-electron chi connectivity index (χ3n) is 4.71. The van der Waals surface area contributed by atoms with Crippen LogP contribution in [0.25, 0.3) is 21.9 Å². The first-order valence-corrected chi connectivity index (χ1v) is 8.47. The Labute approximate surface area is 148 Å². The number of hydrogen-bond acceptors (Lipinski definition) is 4. The average molecular weight is 344 g/mol. The molecule has 0 bridgehead atoms. The summed E-state index contributed by atoms with van der Waals surface area (Å²) in [4.78, 5) is 28.9. The monoisotopic (exact) mass is 344 g/mol. The zero-order valence-electron chi connectivity index (χ0n) is 14.2. The number of imidazole rings is 1. The van der Waals surface area contributed by atoms with Crippen molar-refractivity contribution in [1.29, 1.82) is 0 Å². The molecule has 5 rings (SSSR count). The molecule has 0 radical (unpaired) electrons. The van der Waals surface area contributed by atoms with Crippen molar-refractivity contribution in [2.75, 3.05) is 11.9 Å². The molecule has 0 fully saturated rings. The highest BCUT2D eigenvalue weighted by atomic mass is 16.1. The highest BCUT2D eigenvalue weighted by molar-refractivity contribution is 5.98. The van der Waals surface area contributed by atoms with E-state index in [0.717, 1.165) is 46.4 Å². The predicted molar refractivity (Wildman–Crippen MR) is 98.9 cm³/mol. The van der Waals surface area contributed by atoms with E-state index in [1.54, 1.807) is 18.5 Å². The highest BCUT2D eigenvalue weighted by Crippen LogP contribution is 2.24. The Bertz CT molecular complexity index is 1250. The van der Waals surface area contributed by atoms with Crippen molar-refractivity contribution >= 4 is 33.7 Å². The van der Waals surface area contributed by atoms with Gasteiger partial charge >= 0.3 is 0 Å². The van der Waals surface area contributed by atoms with Crippen molar-refractivity contribution in [2.24, 2.45) is 4.99 Å². The van der Waals surface area contributed by atoms with E-state index in [1.165, 1.54) is 0 Å². The fourth-order valence-corrected chi connectivity index (χ4v) is 3.40. The summed E-state index contributed by atoms with van der Waals surface area (Å²) in [6.07, 6.45) is 1.61. The molecule has 2 N–H and O–H groups in total. The number of carbonyl (C=O) groups excluding carboxylic acids is 1. The lowest BCUT2D eigenvalue weighted by molar-refractivity contribution is 0.0996. The van der Waals surface area contributed by atoms with Gasteiger partial charge in [0, 0.05) is 24.0 Å². The standard InChI is InChI=1S/C19H16N6O/c1-11-3-2-4-13-16(11)23-19(25-8-7-20-17(13)25)24-18(26)12-5-6-14-15(9-12)22-10-21-14/h2-6,9-10,20H,7-8H2,1H3,(H,21,22). The molecule has 26 heavy (non-hydrogen) atoms. The van der Waals surface area contributed by atoms with Crippen molar-refractivity contribution in [3.63, 3.8) is 0 Å². The number of H-pyrrole nitrogens is 1. The fourth-order valence-electron chi connectivity index (χ4n) is 3.40. The van der Waals surface area contributed by atoms with Crippen molar-refractivity contribution < 1.29 is 4.79 Å². The third-order valence-corrected chi connectivity index (χ3v) is 4.71. The van der Waals surface area contributed by atoms with Crippen LogP contribution in [0.3, 0.4) is 0 Å². The Morgan fingerprint density at radius 2 is 2.19 bits per heavy atom. The second-order valence-corrected chi connectivity index (χ2v) is 6.36. The molecule has 4 aromatic rings. The molecule has 0 unspecified atom stereocenters. The first kappa shape index (κ1) is 14.8. The largest absolute Gasteiger partial charge is 0.369 e. The van der Waals surface area contributed by atoms with Crippen LogP contribution in [0, 0.1) is 6.92 Å². The Hall–Kier alpha value is -3.48. The van der Waals surface area contributed by atoms with Gasteiger partial charge in [-0.25, -0.2) is 9.97 Å². The summed E-state index contributed by atoms with van der Waals surface area (Å²) in [6, 6.07) is 11.4. The van der Waals surface area contributed by atoms with Gasteiger partial charge in [-0.2, -0.15) is 4.99 Å². The SMILES string of the molecule is Cc1cccc2c3n(c(=NC(=O)c4ccc5nc[nH]c5c4)nc12)CCN3. The lowest BCUT2D eigenvalue weighted by Gasteiger charge is -2.09. The molecule has 0 aliphatic carbocycles. The summed E-state index contributed by atoms with van der Waals surface area (Å²) >= 11 is 0. The van der Waals surface area contributed by atoms with Gasteiger partial charge in [0.05, 0.1) is 22.9 Å². The summed E-state index contributed by atoms with van der Waals surface area (Å²) in [5.74, 6) is 0.651. The van der Waals surface area contributed by atoms with Crippen molar-refractivity contribution in [2.45, 2.75) is 13.5 Å². The van der Waals surface area contributed by atoms with Crippen LogP contribution >= 0.6 is 0 Å². The second-order valence-electron chi connectivity index (χ2n) is 6.36. The molecule has 7 heteroatoms. The van der Waals surface area contributed by atoms with Gasteiger partial charge in [0.2, 0.25) is 5.62 Å². The average Bonchev–Trinajstić information content (AvgIpc) is 3.31. The smallest absolute Gasteiger partial charge is 0.280 e. The minimum absolute atomic E-state index is 0.316. The molecule has 0 spiro atoms. The van der Waals surface area contributed by atoms with Gasteiger partial charge in [-0.15, -0.1) is 0 Å². The molecular weight excluding hydrogens is 328 g/mol. The molecule has 0 saturated heterocycles. The number of hydrogen-bond donors (Lipinski definition) is 2. The molecule has 0 atom stereocenters. The number of nitrogens with zero attached hydrogens (tertiary/aromatic N) is 4. The van der Waals surface area contributed by atoms with E-state index >= 15 is 0 Å². The Balaban J connectivity index is 1.70. The van der Waals surface area contributed by atoms with Crippen LogP contribution in [0.5, 0.6) is 0 Å². The van der Waals surface area contributed by atoms with Crippen molar-refractivity contribution in [3.8, 4) is 0 Å². The number of rotatable bonds is 1. The highest BCUT2D eigenvalue weighted by Gasteiger charge is 2.17. The van der Waals surface area contributed by atoms with Crippen LogP contribution in [-0.4, -0.2) is 32.0 Å². The van der Waals surface area contributed by atoms with E-state index in [1.807, 2.05) is 35.8 Å². The van der Waals surface area contributed by atoms with Crippen LogP contribution in [0.2, 0.25) is 0 Å². The molecule has 1 aliphatic rings. The van der Waals surface area contributed by atoms with Crippen LogP contribution < -0.4 is 10.9 Å². The van der Waals surface area contributed by atoms with E-state index in [4.69, 9.17) is 0 Å². The van der Waals surface area contributed by atoms with Gasteiger partial charge in [0.1, 0.15) is 5.82 Å². The van der Waals surface area contributed by atoms with Crippen molar-refractivity contribution in [3.05, 3.63) is 59.5 Å². The Kier molecular flexibility index (Phi) is 3.15. The van der Waals surface area contributed by atoms with E-state index in [-0.39, 0.29) is 5.91 Å². The number of fused-ring (bicyclic) bond motifs is 4. The van der Waals surface area contributed by atoms with Crippen LogP contribution in [0.1, 0.15) is 15.9 Å². The fraction of sp³-hybridized carbons (Fsp3) is 0.158. The summed E-state index contributed by atoms with van der Waals surface area (Å²) in [6.45, 7) is 3.54. The molecule has 0 saturated carbocycles. The molecule has 1 amide bonds. The Morgan fingerprint density at radius 1 is 1.27 bits per heavy atom. The van der Waals surface area contributed by atoms with Crippen LogP contribution in [-0.2, 0) is 6.54 Å². The number of anilines is 1. The van der Waals surface area contributed by atoms with Gasteiger partial charge in [-0.3, -0.25) is 9.36 Å². The maximum Gasteiger partial charge on any atom is 0.280 e. The number of amides is 1. The number of carbonyl (C=O) groups is 1. The number of benzene rings is 2. The molecule has 2 aromatic heterocycles. The van der Waals surface area contributed by atoms with Gasteiger partial charge in [-0.1, -0.05) is 12.1 Å². The zero-order valence-corrected chi connectivity index (χ0v) is 14.2. The second kappa shape index (κ2) is 5.52. The Morgan fingerprint density at radius 3 is 3.12 bits per heavy atom. The zero-order chi connectivity index (χ0) is 17.7. The van der Waals surface area contributed by atoms with E-state index in [2.05, 4.69) is 25.3 Å². The molecule has 3 heterocycles. The summed E-state index contributed by atoms with van der Waals surface area (Å²) in [5, 5.41) is 4.43. The first-order chi connectivity index (χ1) is 12.7. The summed E-state index contributed by atoms with van der Waals surface area (Å²) in [7, 11) is 0. The maximum atomic E-state index is 12.7. The quantitative estimate of drug-likeness (QED) is 0.555. The van der Waals surface area contributed by atoms with E-state index in [0.29, 0.717) is 11.2 Å². The van der Waals surface area contributed by atoms with Crippen LogP contribution in [0.15, 0.2) is 47.7 Å². The molecule has 1 aliphatic heterocycles. The predicted octanol–water partition coefficient (Wildman–Crippen LogP) is 2.39. The lowest BCUT2D eigenvalue weighted by Crippen LogP contribution is -2.25. The lowest BCUT2D eigenvalue weighted by atomic mass is 10.1. The van der Waals surface area contributed by atoms with Gasteiger partial charge in [0.25, 0.3) is 5.91 Å². The van der Waals surface area contributed by atoms with Crippen molar-refractivity contribution in [1.82, 2.24) is 19.5 Å². The first-order valence-electron chi connectivity index (χ1n) is 8.47. The number of nitrogens with one attached hydrogen (secondary N) is 2. The number of aromatic amines is 1. The van der Waals surface area contributed by atoms with Gasteiger partial charge in [0.15, 0.2) is 0 Å². The summed E-state index contributed by atoms with van der Waals surface area (Å²) < 4.78 is 1.97. The van der Waals surface area contributed by atoms with Gasteiger partial charge < -0.3 is 10.3 Å². The van der Waals surface area contributed by atoms with E-state index < -0.39 is 0 Å². The molecule has 7 nitrogen and oxygen atoms in total. The molecular formula is C19H16N6O. The minimum atomic E-state index is -0.316. The normalized spacial score (nSPS) is 14.0. The molecule has 2 aromatic carbocycles. The topological polar surface area (TPSA) is 88.0 Å². The summed E-state index contributed by atoms with van der Waals surface area (Å²) in [5.41, 5.74) is 4.50. The van der Waals surface area contributed by atoms with Gasteiger partial charge in [-0.05, 0) is 36.8 Å². The number of para-hydroxylation sites is 1. The number of aryl methyl sites for hydroxylation is 1. The number of aromatic nitrogens is 4. The van der Waals surface area contributed by atoms with E-state index in [9.17, 15) is 4.79 Å². The minimum Gasteiger partial charge on any atom is -0.369 e. The third kappa shape index (κ3) is 2.21. The maximum absolute atomic E-state index is 12.7. The molecule has 128 valence electrons. The van der Waals surface area contributed by atoms with Crippen LogP contribution in [0.4, 0.5) is 5.82 Å².